The Labute approximate surface area is 171 Å². The lowest BCUT2D eigenvalue weighted by Gasteiger charge is -2.10. The van der Waals surface area contributed by atoms with Crippen LogP contribution in [0.1, 0.15) is 10.4 Å². The fraction of sp³-hybridized carbons (Fsp3) is 0.176. The summed E-state index contributed by atoms with van der Waals surface area (Å²) in [6, 6.07) is 7.63. The molecule has 0 unspecified atom stereocenters. The molecule has 2 amide bonds. The van der Waals surface area contributed by atoms with Crippen molar-refractivity contribution in [2.24, 2.45) is 0 Å². The molecule has 0 aliphatic heterocycles. The van der Waals surface area contributed by atoms with Gasteiger partial charge in [-0.1, -0.05) is 12.1 Å². The maximum absolute atomic E-state index is 12.1. The molecular formula is C17H15BrN4O7. The number of para-hydroxylation sites is 1. The van der Waals surface area contributed by atoms with Crippen molar-refractivity contribution in [3.63, 3.8) is 0 Å². The van der Waals surface area contributed by atoms with E-state index in [9.17, 15) is 29.3 Å². The van der Waals surface area contributed by atoms with Crippen molar-refractivity contribution < 1.29 is 24.0 Å². The third-order valence-corrected chi connectivity index (χ3v) is 4.28. The Morgan fingerprint density at radius 2 is 1.93 bits per heavy atom. The van der Waals surface area contributed by atoms with Gasteiger partial charge in [-0.25, -0.2) is 4.79 Å². The number of nitrogens with one attached hydrogen (secondary N) is 2. The number of halogens is 1. The summed E-state index contributed by atoms with van der Waals surface area (Å²) < 4.78 is 5.83. The van der Waals surface area contributed by atoms with Crippen LogP contribution < -0.4 is 16.2 Å². The number of carbonyl (C=O) groups is 3. The van der Waals surface area contributed by atoms with Crippen LogP contribution in [0.4, 0.5) is 11.4 Å². The summed E-state index contributed by atoms with van der Waals surface area (Å²) in [7, 11) is 1.07. The summed E-state index contributed by atoms with van der Waals surface area (Å²) in [4.78, 5) is 57.8. The first-order valence-electron chi connectivity index (χ1n) is 8.01. The number of hydrogen-bond donors (Lipinski definition) is 2. The van der Waals surface area contributed by atoms with E-state index < -0.39 is 47.0 Å². The highest BCUT2D eigenvalue weighted by Gasteiger charge is 2.21. The highest BCUT2D eigenvalue weighted by Crippen LogP contribution is 2.20. The van der Waals surface area contributed by atoms with Crippen LogP contribution in [0.15, 0.2) is 45.8 Å². The SMILES string of the molecule is COC(=O)c1cc([N+](=O)[O-])c(=O)n(CC(=O)NCC(=O)Nc2ccccc2Br)c1. The van der Waals surface area contributed by atoms with Gasteiger partial charge in [0.1, 0.15) is 6.54 Å². The molecule has 0 saturated heterocycles. The van der Waals surface area contributed by atoms with Crippen molar-refractivity contribution in [2.45, 2.75) is 6.54 Å². The summed E-state index contributed by atoms with van der Waals surface area (Å²) in [5.41, 5.74) is -1.72. The third-order valence-electron chi connectivity index (χ3n) is 3.59. The average Bonchev–Trinajstić information content (AvgIpc) is 2.68. The van der Waals surface area contributed by atoms with Gasteiger partial charge < -0.3 is 15.4 Å². The van der Waals surface area contributed by atoms with Crippen molar-refractivity contribution >= 4 is 45.1 Å². The van der Waals surface area contributed by atoms with Crippen molar-refractivity contribution in [1.82, 2.24) is 9.88 Å². The summed E-state index contributed by atoms with van der Waals surface area (Å²) in [6.07, 6.45) is 0.974. The van der Waals surface area contributed by atoms with Gasteiger partial charge in [-0.05, 0) is 28.1 Å². The second-order valence-corrected chi connectivity index (χ2v) is 6.45. The van der Waals surface area contributed by atoms with Crippen molar-refractivity contribution in [2.75, 3.05) is 19.0 Å². The van der Waals surface area contributed by atoms with E-state index in [1.165, 1.54) is 0 Å². The number of rotatable bonds is 7. The number of methoxy groups -OCH3 is 1. The first-order valence-corrected chi connectivity index (χ1v) is 8.80. The zero-order valence-corrected chi connectivity index (χ0v) is 16.6. The Balaban J connectivity index is 2.08. The Morgan fingerprint density at radius 1 is 1.24 bits per heavy atom. The van der Waals surface area contributed by atoms with E-state index in [0.29, 0.717) is 14.7 Å². The van der Waals surface area contributed by atoms with Crippen LogP contribution >= 0.6 is 15.9 Å². The summed E-state index contributed by atoms with van der Waals surface area (Å²) in [5.74, 6) is -2.19. The van der Waals surface area contributed by atoms with Gasteiger partial charge in [-0.15, -0.1) is 0 Å². The van der Waals surface area contributed by atoms with E-state index in [0.717, 1.165) is 19.4 Å². The predicted octanol–water partition coefficient (Wildman–Crippen LogP) is 1.06. The van der Waals surface area contributed by atoms with Gasteiger partial charge in [-0.2, -0.15) is 0 Å². The Bertz CT molecular complexity index is 1030. The smallest absolute Gasteiger partial charge is 0.339 e. The summed E-state index contributed by atoms with van der Waals surface area (Å²) in [5, 5.41) is 15.9. The maximum atomic E-state index is 12.1. The highest BCUT2D eigenvalue weighted by molar-refractivity contribution is 9.10. The number of hydrogen-bond acceptors (Lipinski definition) is 7. The fourth-order valence-electron chi connectivity index (χ4n) is 2.24. The van der Waals surface area contributed by atoms with Crippen molar-refractivity contribution in [3.8, 4) is 0 Å². The lowest BCUT2D eigenvalue weighted by atomic mass is 10.2. The number of nitrogens with zero attached hydrogens (tertiary/aromatic N) is 2. The number of ether oxygens (including phenoxy) is 1. The van der Waals surface area contributed by atoms with Crippen LogP contribution in [0.5, 0.6) is 0 Å². The first-order chi connectivity index (χ1) is 13.7. The van der Waals surface area contributed by atoms with E-state index in [-0.39, 0.29) is 5.56 Å². The molecule has 2 N–H and O–H groups in total. The lowest BCUT2D eigenvalue weighted by Crippen LogP contribution is -2.37. The number of pyridine rings is 1. The Kier molecular flexibility index (Phi) is 7.20. The molecule has 0 aliphatic rings. The van der Waals surface area contributed by atoms with Crippen molar-refractivity contribution in [3.05, 3.63) is 67.0 Å². The number of nitro groups is 1. The quantitative estimate of drug-likeness (QED) is 0.351. The molecule has 2 rings (SSSR count). The number of benzene rings is 1. The zero-order chi connectivity index (χ0) is 21.6. The molecular weight excluding hydrogens is 452 g/mol. The molecule has 0 bridgehead atoms. The second-order valence-electron chi connectivity index (χ2n) is 5.60. The zero-order valence-electron chi connectivity index (χ0n) is 15.0. The highest BCUT2D eigenvalue weighted by atomic mass is 79.9. The molecule has 11 nitrogen and oxygen atoms in total. The molecule has 1 heterocycles. The molecule has 0 radical (unpaired) electrons. The van der Waals surface area contributed by atoms with E-state index in [1.54, 1.807) is 24.3 Å². The van der Waals surface area contributed by atoms with Gasteiger partial charge >= 0.3 is 17.2 Å². The standard InChI is InChI=1S/C17H15BrN4O7/c1-29-17(26)10-6-13(22(27)28)16(25)21(8-10)9-15(24)19-7-14(23)20-12-5-3-2-4-11(12)18/h2-6,8H,7,9H2,1H3,(H,19,24)(H,20,23). The maximum Gasteiger partial charge on any atom is 0.339 e. The normalized spacial score (nSPS) is 10.1. The average molecular weight is 467 g/mol. The van der Waals surface area contributed by atoms with E-state index >= 15 is 0 Å². The Morgan fingerprint density at radius 3 is 2.55 bits per heavy atom. The monoisotopic (exact) mass is 466 g/mol. The van der Waals surface area contributed by atoms with E-state index in [1.807, 2.05) is 0 Å². The summed E-state index contributed by atoms with van der Waals surface area (Å²) >= 11 is 3.27. The van der Waals surface area contributed by atoms with Gasteiger partial charge in [0.05, 0.1) is 29.8 Å². The van der Waals surface area contributed by atoms with Crippen LogP contribution in [0.25, 0.3) is 0 Å². The fourth-order valence-corrected chi connectivity index (χ4v) is 2.63. The second kappa shape index (κ2) is 9.59. The number of esters is 1. The van der Waals surface area contributed by atoms with Gasteiger partial charge in [0, 0.05) is 16.7 Å². The summed E-state index contributed by atoms with van der Waals surface area (Å²) in [6.45, 7) is -1.03. The molecule has 0 aliphatic carbocycles. The molecule has 0 fully saturated rings. The molecule has 29 heavy (non-hydrogen) atoms. The number of aromatic nitrogens is 1. The van der Waals surface area contributed by atoms with Gasteiger partial charge in [0.25, 0.3) is 0 Å². The molecule has 1 aromatic heterocycles. The molecule has 0 atom stereocenters. The molecule has 152 valence electrons. The minimum atomic E-state index is -1.07. The first kappa shape index (κ1) is 21.8. The molecule has 0 spiro atoms. The van der Waals surface area contributed by atoms with Crippen LogP contribution in [-0.4, -0.2) is 40.9 Å². The predicted molar refractivity (Wildman–Crippen MR) is 104 cm³/mol. The topological polar surface area (TPSA) is 150 Å². The van der Waals surface area contributed by atoms with Gasteiger partial charge in [0.2, 0.25) is 11.8 Å². The van der Waals surface area contributed by atoms with E-state index in [4.69, 9.17) is 0 Å². The number of anilines is 1. The van der Waals surface area contributed by atoms with Crippen LogP contribution in [0, 0.1) is 10.1 Å². The molecule has 2 aromatic rings. The Hall–Kier alpha value is -3.54. The molecule has 1 aromatic carbocycles. The van der Waals surface area contributed by atoms with Crippen LogP contribution in [0.2, 0.25) is 0 Å². The lowest BCUT2D eigenvalue weighted by molar-refractivity contribution is -0.386. The molecule has 0 saturated carbocycles. The number of amides is 2. The minimum Gasteiger partial charge on any atom is -0.465 e. The molecule has 12 heteroatoms. The number of carbonyl (C=O) groups excluding carboxylic acids is 3. The van der Waals surface area contributed by atoms with Crippen molar-refractivity contribution in [1.29, 1.82) is 0 Å². The van der Waals surface area contributed by atoms with Gasteiger partial charge in [0.15, 0.2) is 0 Å². The third kappa shape index (κ3) is 5.72. The largest absolute Gasteiger partial charge is 0.465 e. The minimum absolute atomic E-state index is 0.265. The van der Waals surface area contributed by atoms with E-state index in [2.05, 4.69) is 31.3 Å². The van der Waals surface area contributed by atoms with Gasteiger partial charge in [-0.3, -0.25) is 29.1 Å². The van der Waals surface area contributed by atoms with Crippen LogP contribution in [0.3, 0.4) is 0 Å². The van der Waals surface area contributed by atoms with Crippen LogP contribution in [-0.2, 0) is 20.9 Å².